The molecule has 0 amide bonds. The van der Waals surface area contributed by atoms with E-state index in [1.807, 2.05) is 6.92 Å². The highest BCUT2D eigenvalue weighted by molar-refractivity contribution is 7.91. The number of aryl methyl sites for hydroxylation is 1. The average molecular weight is 360 g/mol. The summed E-state index contributed by atoms with van der Waals surface area (Å²) < 4.78 is 32.8. The molecule has 1 aliphatic heterocycles. The Hall–Kier alpha value is -1.22. The van der Waals surface area contributed by atoms with Crippen molar-refractivity contribution in [1.29, 1.82) is 0 Å². The Morgan fingerprint density at radius 2 is 2.14 bits per heavy atom. The van der Waals surface area contributed by atoms with E-state index in [0.717, 1.165) is 17.0 Å². The van der Waals surface area contributed by atoms with Crippen molar-refractivity contribution in [1.82, 2.24) is 14.5 Å². The first-order valence-corrected chi connectivity index (χ1v) is 9.31. The Labute approximate surface area is 137 Å². The topological polar surface area (TPSA) is 72.4 Å². The fourth-order valence-electron chi connectivity index (χ4n) is 2.20. The standard InChI is InChI=1S/C13H14ClN3O3S2/c1-9-2-4-12(16-15-9)20-10-6-7-17(8-10)22(18,19)13-5-3-11(14)21-13/h2-5,10H,6-8H2,1H3. The Bertz CT molecular complexity index is 761. The highest BCUT2D eigenvalue weighted by Crippen LogP contribution is 2.30. The molecule has 9 heteroatoms. The van der Waals surface area contributed by atoms with Gasteiger partial charge in [0.25, 0.3) is 10.0 Å². The number of nitrogens with zero attached hydrogens (tertiary/aromatic N) is 3. The molecule has 0 bridgehead atoms. The molecule has 0 aromatic carbocycles. The molecule has 1 unspecified atom stereocenters. The molecular weight excluding hydrogens is 346 g/mol. The number of hydrogen-bond acceptors (Lipinski definition) is 6. The van der Waals surface area contributed by atoms with Crippen LogP contribution in [0.3, 0.4) is 0 Å². The predicted molar refractivity (Wildman–Crippen MR) is 83.9 cm³/mol. The van der Waals surface area contributed by atoms with E-state index in [1.54, 1.807) is 18.2 Å². The van der Waals surface area contributed by atoms with Gasteiger partial charge in [-0.2, -0.15) is 9.40 Å². The molecule has 118 valence electrons. The van der Waals surface area contributed by atoms with Gasteiger partial charge in [-0.3, -0.25) is 0 Å². The minimum absolute atomic E-state index is 0.220. The molecule has 6 nitrogen and oxygen atoms in total. The van der Waals surface area contributed by atoms with Crippen LogP contribution < -0.4 is 4.74 Å². The average Bonchev–Trinajstić information content (AvgIpc) is 3.11. The van der Waals surface area contributed by atoms with Crippen molar-refractivity contribution in [3.05, 3.63) is 34.3 Å². The van der Waals surface area contributed by atoms with Gasteiger partial charge in [-0.05, 0) is 31.5 Å². The summed E-state index contributed by atoms with van der Waals surface area (Å²) in [5.41, 5.74) is 0.803. The Balaban J connectivity index is 1.68. The molecule has 2 aromatic rings. The number of ether oxygens (including phenoxy) is 1. The van der Waals surface area contributed by atoms with Gasteiger partial charge in [0.2, 0.25) is 5.88 Å². The zero-order valence-corrected chi connectivity index (χ0v) is 14.2. The molecule has 22 heavy (non-hydrogen) atoms. The van der Waals surface area contributed by atoms with Crippen LogP contribution in [0.15, 0.2) is 28.5 Å². The number of thiophene rings is 1. The van der Waals surface area contributed by atoms with Crippen LogP contribution in [0, 0.1) is 6.92 Å². The lowest BCUT2D eigenvalue weighted by atomic mass is 10.3. The Morgan fingerprint density at radius 1 is 1.32 bits per heavy atom. The fourth-order valence-corrected chi connectivity index (χ4v) is 5.32. The molecule has 3 heterocycles. The van der Waals surface area contributed by atoms with Gasteiger partial charge in [0, 0.05) is 12.6 Å². The van der Waals surface area contributed by atoms with Gasteiger partial charge < -0.3 is 4.74 Å². The molecule has 2 aromatic heterocycles. The Morgan fingerprint density at radius 3 is 2.77 bits per heavy atom. The number of aromatic nitrogens is 2. The van der Waals surface area contributed by atoms with Crippen LogP contribution in [-0.2, 0) is 10.0 Å². The molecule has 1 atom stereocenters. The lowest BCUT2D eigenvalue weighted by Gasteiger charge is -2.15. The van der Waals surface area contributed by atoms with E-state index < -0.39 is 10.0 Å². The maximum absolute atomic E-state index is 12.5. The first-order chi connectivity index (χ1) is 10.4. The van der Waals surface area contributed by atoms with Crippen molar-refractivity contribution >= 4 is 33.0 Å². The lowest BCUT2D eigenvalue weighted by Crippen LogP contribution is -2.30. The summed E-state index contributed by atoms with van der Waals surface area (Å²) in [5.74, 6) is 0.411. The van der Waals surface area contributed by atoms with Crippen LogP contribution in [-0.4, -0.2) is 42.1 Å². The van der Waals surface area contributed by atoms with E-state index in [-0.39, 0.29) is 10.3 Å². The molecule has 1 saturated heterocycles. The van der Waals surface area contributed by atoms with E-state index in [1.165, 1.54) is 10.4 Å². The van der Waals surface area contributed by atoms with Crippen molar-refractivity contribution < 1.29 is 13.2 Å². The SMILES string of the molecule is Cc1ccc(OC2CCN(S(=O)(=O)c3ccc(Cl)s3)C2)nn1. The zero-order chi connectivity index (χ0) is 15.7. The maximum atomic E-state index is 12.5. The minimum atomic E-state index is -3.50. The van der Waals surface area contributed by atoms with Crippen LogP contribution in [0.5, 0.6) is 5.88 Å². The molecular formula is C13H14ClN3O3S2. The molecule has 0 aliphatic carbocycles. The predicted octanol–water partition coefficient (Wildman–Crippen LogP) is 2.34. The van der Waals surface area contributed by atoms with Crippen molar-refractivity contribution in [3.63, 3.8) is 0 Å². The highest BCUT2D eigenvalue weighted by Gasteiger charge is 2.34. The van der Waals surface area contributed by atoms with Crippen molar-refractivity contribution in [2.45, 2.75) is 23.7 Å². The Kier molecular flexibility index (Phi) is 4.35. The van der Waals surface area contributed by atoms with Crippen LogP contribution in [0.2, 0.25) is 4.34 Å². The summed E-state index contributed by atoms with van der Waals surface area (Å²) in [6, 6.07) is 6.66. The van der Waals surface area contributed by atoms with Crippen LogP contribution in [0.4, 0.5) is 0 Å². The van der Waals surface area contributed by atoms with Crippen molar-refractivity contribution in [2.24, 2.45) is 0 Å². The quantitative estimate of drug-likeness (QED) is 0.837. The summed E-state index contributed by atoms with van der Waals surface area (Å²) in [5, 5.41) is 7.85. The zero-order valence-electron chi connectivity index (χ0n) is 11.8. The normalized spacial score (nSPS) is 19.5. The first-order valence-electron chi connectivity index (χ1n) is 6.67. The minimum Gasteiger partial charge on any atom is -0.472 e. The third kappa shape index (κ3) is 3.24. The number of hydrogen-bond donors (Lipinski definition) is 0. The largest absolute Gasteiger partial charge is 0.472 e. The highest BCUT2D eigenvalue weighted by atomic mass is 35.5. The number of rotatable bonds is 4. The maximum Gasteiger partial charge on any atom is 0.252 e. The third-order valence-corrected chi connectivity index (χ3v) is 6.87. The first kappa shape index (κ1) is 15.7. The van der Waals surface area contributed by atoms with Crippen LogP contribution >= 0.6 is 22.9 Å². The second-order valence-electron chi connectivity index (χ2n) is 4.96. The van der Waals surface area contributed by atoms with E-state index in [2.05, 4.69) is 10.2 Å². The summed E-state index contributed by atoms with van der Waals surface area (Å²) in [6.07, 6.45) is 0.399. The summed E-state index contributed by atoms with van der Waals surface area (Å²) in [7, 11) is -3.50. The second-order valence-corrected chi connectivity index (χ2v) is 8.84. The van der Waals surface area contributed by atoms with Gasteiger partial charge in [-0.25, -0.2) is 8.42 Å². The van der Waals surface area contributed by atoms with E-state index >= 15 is 0 Å². The van der Waals surface area contributed by atoms with E-state index in [4.69, 9.17) is 16.3 Å². The molecule has 0 spiro atoms. The van der Waals surface area contributed by atoms with Gasteiger partial charge in [-0.1, -0.05) is 11.6 Å². The fraction of sp³-hybridized carbons (Fsp3) is 0.385. The second kappa shape index (κ2) is 6.11. The van der Waals surface area contributed by atoms with Crippen LogP contribution in [0.25, 0.3) is 0 Å². The van der Waals surface area contributed by atoms with Gasteiger partial charge in [0.05, 0.1) is 16.6 Å². The molecule has 3 rings (SSSR count). The molecule has 1 fully saturated rings. The summed E-state index contributed by atoms with van der Waals surface area (Å²) in [4.78, 5) is 0. The van der Waals surface area contributed by atoms with E-state index in [9.17, 15) is 8.42 Å². The van der Waals surface area contributed by atoms with E-state index in [0.29, 0.717) is 29.7 Å². The third-order valence-electron chi connectivity index (χ3n) is 3.31. The number of sulfonamides is 1. The van der Waals surface area contributed by atoms with Crippen molar-refractivity contribution in [3.8, 4) is 5.88 Å². The summed E-state index contributed by atoms with van der Waals surface area (Å²) in [6.45, 7) is 2.56. The molecule has 1 aliphatic rings. The molecule has 0 N–H and O–H groups in total. The van der Waals surface area contributed by atoms with Crippen molar-refractivity contribution in [2.75, 3.05) is 13.1 Å². The number of halogens is 1. The summed E-state index contributed by atoms with van der Waals surface area (Å²) >= 11 is 6.88. The monoisotopic (exact) mass is 359 g/mol. The lowest BCUT2D eigenvalue weighted by molar-refractivity contribution is 0.204. The molecule has 0 radical (unpaired) electrons. The van der Waals surface area contributed by atoms with Gasteiger partial charge in [0.1, 0.15) is 10.3 Å². The van der Waals surface area contributed by atoms with Crippen LogP contribution in [0.1, 0.15) is 12.1 Å². The van der Waals surface area contributed by atoms with Gasteiger partial charge >= 0.3 is 0 Å². The smallest absolute Gasteiger partial charge is 0.252 e. The van der Waals surface area contributed by atoms with Gasteiger partial charge in [-0.15, -0.1) is 16.4 Å². The molecule has 0 saturated carbocycles. The van der Waals surface area contributed by atoms with Gasteiger partial charge in [0.15, 0.2) is 0 Å².